The molecule has 1 atom stereocenters. The first-order chi connectivity index (χ1) is 9.81. The number of fused-ring (bicyclic) bond motifs is 3. The Morgan fingerprint density at radius 3 is 2.90 bits per heavy atom. The smallest absolute Gasteiger partial charge is 0.138 e. The van der Waals surface area contributed by atoms with Gasteiger partial charge in [-0.2, -0.15) is 0 Å². The van der Waals surface area contributed by atoms with Gasteiger partial charge in [0.2, 0.25) is 0 Å². The fourth-order valence-corrected chi connectivity index (χ4v) is 5.00. The van der Waals surface area contributed by atoms with E-state index in [9.17, 15) is 0 Å². The normalized spacial score (nSPS) is 23.1. The molecule has 0 spiro atoms. The highest BCUT2D eigenvalue weighted by Crippen LogP contribution is 2.40. The van der Waals surface area contributed by atoms with Crippen LogP contribution in [0.25, 0.3) is 10.2 Å². The summed E-state index contributed by atoms with van der Waals surface area (Å²) in [5, 5.41) is 5.01. The van der Waals surface area contributed by atoms with Crippen molar-refractivity contribution in [3.63, 3.8) is 0 Å². The van der Waals surface area contributed by atoms with E-state index in [1.807, 2.05) is 11.3 Å². The number of nitrogens with zero attached hydrogens (tertiary/aromatic N) is 2. The molecular formula is C16H21N3S. The van der Waals surface area contributed by atoms with Crippen LogP contribution in [0.3, 0.4) is 0 Å². The summed E-state index contributed by atoms with van der Waals surface area (Å²) in [7, 11) is 0. The van der Waals surface area contributed by atoms with Crippen LogP contribution in [-0.4, -0.2) is 16.0 Å². The summed E-state index contributed by atoms with van der Waals surface area (Å²) in [6.45, 7) is 2.36. The van der Waals surface area contributed by atoms with Gasteiger partial charge in [-0.1, -0.05) is 19.8 Å². The largest absolute Gasteiger partial charge is 0.367 e. The lowest BCUT2D eigenvalue weighted by atomic mass is 9.89. The predicted octanol–water partition coefficient (Wildman–Crippen LogP) is 4.17. The molecule has 0 bridgehead atoms. The zero-order valence-electron chi connectivity index (χ0n) is 12.0. The van der Waals surface area contributed by atoms with Crippen LogP contribution in [0.5, 0.6) is 0 Å². The Morgan fingerprint density at radius 1 is 1.20 bits per heavy atom. The van der Waals surface area contributed by atoms with Crippen LogP contribution in [-0.2, 0) is 12.8 Å². The molecule has 0 amide bonds. The van der Waals surface area contributed by atoms with Gasteiger partial charge in [-0.05, 0) is 43.6 Å². The molecule has 2 aliphatic carbocycles. The zero-order chi connectivity index (χ0) is 13.5. The predicted molar refractivity (Wildman–Crippen MR) is 84.5 cm³/mol. The Morgan fingerprint density at radius 2 is 2.05 bits per heavy atom. The lowest BCUT2D eigenvalue weighted by molar-refractivity contribution is 0.509. The molecule has 4 heteroatoms. The van der Waals surface area contributed by atoms with Crippen molar-refractivity contribution in [2.45, 2.75) is 57.9 Å². The number of aryl methyl sites for hydroxylation is 1. The topological polar surface area (TPSA) is 37.8 Å². The first kappa shape index (κ1) is 12.6. The van der Waals surface area contributed by atoms with Crippen LogP contribution in [0.4, 0.5) is 5.82 Å². The van der Waals surface area contributed by atoms with Gasteiger partial charge in [-0.3, -0.25) is 0 Å². The minimum absolute atomic E-state index is 0.617. The molecule has 2 aromatic rings. The molecule has 1 fully saturated rings. The lowest BCUT2D eigenvalue weighted by Gasteiger charge is -2.19. The molecule has 2 aromatic heterocycles. The molecule has 1 unspecified atom stereocenters. The molecule has 0 radical (unpaired) electrons. The second kappa shape index (κ2) is 4.99. The summed E-state index contributed by atoms with van der Waals surface area (Å²) < 4.78 is 0. The van der Waals surface area contributed by atoms with E-state index in [2.05, 4.69) is 22.2 Å². The highest BCUT2D eigenvalue weighted by Gasteiger charge is 2.24. The average Bonchev–Trinajstić information content (AvgIpc) is 3.05. The Balaban J connectivity index is 1.76. The van der Waals surface area contributed by atoms with E-state index in [-0.39, 0.29) is 0 Å². The van der Waals surface area contributed by atoms with E-state index in [0.29, 0.717) is 6.04 Å². The van der Waals surface area contributed by atoms with Crippen LogP contribution in [0.1, 0.15) is 49.5 Å². The molecule has 0 aromatic carbocycles. The van der Waals surface area contributed by atoms with Crippen molar-refractivity contribution in [3.8, 4) is 0 Å². The SMILES string of the molecule is CC1CCc2c(sc3ncnc(NC4CCCC4)c23)C1. The molecule has 106 valence electrons. The minimum Gasteiger partial charge on any atom is -0.367 e. The quantitative estimate of drug-likeness (QED) is 0.900. The van der Waals surface area contributed by atoms with Crippen molar-refractivity contribution in [2.24, 2.45) is 5.92 Å². The standard InChI is InChI=1S/C16H21N3S/c1-10-6-7-12-13(8-10)20-16-14(12)15(17-9-18-16)19-11-4-2-3-5-11/h9-11H,2-8H2,1H3,(H,17,18,19). The van der Waals surface area contributed by atoms with Gasteiger partial charge in [0.1, 0.15) is 17.0 Å². The van der Waals surface area contributed by atoms with Gasteiger partial charge >= 0.3 is 0 Å². The van der Waals surface area contributed by atoms with Crippen LogP contribution in [0, 0.1) is 5.92 Å². The number of hydrogen-bond donors (Lipinski definition) is 1. The van der Waals surface area contributed by atoms with Crippen molar-refractivity contribution in [2.75, 3.05) is 5.32 Å². The summed E-state index contributed by atoms with van der Waals surface area (Å²) in [4.78, 5) is 11.8. The Labute approximate surface area is 123 Å². The first-order valence-corrected chi connectivity index (χ1v) is 8.64. The third kappa shape index (κ3) is 2.10. The van der Waals surface area contributed by atoms with Crippen molar-refractivity contribution < 1.29 is 0 Å². The number of rotatable bonds is 2. The summed E-state index contributed by atoms with van der Waals surface area (Å²) in [6.07, 6.45) is 10.7. The Hall–Kier alpha value is -1.16. The minimum atomic E-state index is 0.617. The lowest BCUT2D eigenvalue weighted by Crippen LogP contribution is -2.16. The third-order valence-electron chi connectivity index (χ3n) is 4.79. The van der Waals surface area contributed by atoms with E-state index in [1.54, 1.807) is 11.2 Å². The van der Waals surface area contributed by atoms with Crippen molar-refractivity contribution >= 4 is 27.4 Å². The molecule has 20 heavy (non-hydrogen) atoms. The second-order valence-electron chi connectivity index (χ2n) is 6.38. The van der Waals surface area contributed by atoms with Crippen LogP contribution >= 0.6 is 11.3 Å². The van der Waals surface area contributed by atoms with Crippen LogP contribution in [0.2, 0.25) is 0 Å². The van der Waals surface area contributed by atoms with Crippen molar-refractivity contribution in [1.82, 2.24) is 9.97 Å². The monoisotopic (exact) mass is 287 g/mol. The van der Waals surface area contributed by atoms with E-state index in [1.165, 1.54) is 60.7 Å². The van der Waals surface area contributed by atoms with Crippen LogP contribution in [0.15, 0.2) is 6.33 Å². The van der Waals surface area contributed by atoms with Crippen molar-refractivity contribution in [3.05, 3.63) is 16.8 Å². The third-order valence-corrected chi connectivity index (χ3v) is 5.95. The van der Waals surface area contributed by atoms with Crippen molar-refractivity contribution in [1.29, 1.82) is 0 Å². The Kier molecular flexibility index (Phi) is 3.14. The summed E-state index contributed by atoms with van der Waals surface area (Å²) >= 11 is 1.88. The summed E-state index contributed by atoms with van der Waals surface area (Å²) in [5.74, 6) is 1.91. The number of thiophene rings is 1. The van der Waals surface area contributed by atoms with E-state index < -0.39 is 0 Å². The molecule has 3 nitrogen and oxygen atoms in total. The molecule has 4 rings (SSSR count). The first-order valence-electron chi connectivity index (χ1n) is 7.83. The maximum absolute atomic E-state index is 4.55. The summed E-state index contributed by atoms with van der Waals surface area (Å²) in [5.41, 5.74) is 1.53. The zero-order valence-corrected chi connectivity index (χ0v) is 12.8. The molecule has 0 aliphatic heterocycles. The maximum Gasteiger partial charge on any atom is 0.138 e. The average molecular weight is 287 g/mol. The fraction of sp³-hybridized carbons (Fsp3) is 0.625. The Bertz CT molecular complexity index is 628. The fourth-order valence-electron chi connectivity index (χ4n) is 3.65. The van der Waals surface area contributed by atoms with Crippen LogP contribution < -0.4 is 5.32 Å². The van der Waals surface area contributed by atoms with Gasteiger partial charge in [0.15, 0.2) is 0 Å². The van der Waals surface area contributed by atoms with Gasteiger partial charge in [-0.25, -0.2) is 9.97 Å². The molecular weight excluding hydrogens is 266 g/mol. The number of hydrogen-bond acceptors (Lipinski definition) is 4. The number of aromatic nitrogens is 2. The molecule has 2 aliphatic rings. The van der Waals surface area contributed by atoms with Gasteiger partial charge in [-0.15, -0.1) is 11.3 Å². The van der Waals surface area contributed by atoms with Gasteiger partial charge in [0, 0.05) is 10.9 Å². The molecule has 0 saturated heterocycles. The maximum atomic E-state index is 4.55. The van der Waals surface area contributed by atoms with Gasteiger partial charge in [0.25, 0.3) is 0 Å². The number of anilines is 1. The molecule has 2 heterocycles. The van der Waals surface area contributed by atoms with E-state index >= 15 is 0 Å². The van der Waals surface area contributed by atoms with E-state index in [0.717, 1.165) is 11.7 Å². The summed E-state index contributed by atoms with van der Waals surface area (Å²) in [6, 6.07) is 0.617. The van der Waals surface area contributed by atoms with Gasteiger partial charge in [0.05, 0.1) is 5.39 Å². The van der Waals surface area contributed by atoms with Gasteiger partial charge < -0.3 is 5.32 Å². The number of nitrogens with one attached hydrogen (secondary N) is 1. The molecule has 1 N–H and O–H groups in total. The highest BCUT2D eigenvalue weighted by atomic mass is 32.1. The highest BCUT2D eigenvalue weighted by molar-refractivity contribution is 7.19. The second-order valence-corrected chi connectivity index (χ2v) is 7.46. The van der Waals surface area contributed by atoms with E-state index in [4.69, 9.17) is 0 Å². The molecule has 1 saturated carbocycles.